The second-order valence-corrected chi connectivity index (χ2v) is 7.07. The van der Waals surface area contributed by atoms with E-state index in [1.807, 2.05) is 58.0 Å². The number of hydrogen-bond acceptors (Lipinski definition) is 6. The van der Waals surface area contributed by atoms with Crippen molar-refractivity contribution < 1.29 is 4.79 Å². The fourth-order valence-corrected chi connectivity index (χ4v) is 3.62. The van der Waals surface area contributed by atoms with E-state index < -0.39 is 0 Å². The third-order valence-electron chi connectivity index (χ3n) is 5.19. The Bertz CT molecular complexity index is 1080. The normalized spacial score (nSPS) is 15.1. The van der Waals surface area contributed by atoms with Crippen molar-refractivity contribution in [2.75, 3.05) is 26.2 Å². The summed E-state index contributed by atoms with van der Waals surface area (Å²) in [4.78, 5) is 21.7. The van der Waals surface area contributed by atoms with Crippen LogP contribution in [0.15, 0.2) is 61.2 Å². The Morgan fingerprint density at radius 3 is 2.55 bits per heavy atom. The fraction of sp³-hybridized carbons (Fsp3) is 0.250. The molecule has 9 nitrogen and oxygen atoms in total. The molecule has 0 unspecified atom stereocenters. The third kappa shape index (κ3) is 3.59. The lowest BCUT2D eigenvalue weighted by Crippen LogP contribution is -2.48. The first-order valence-corrected chi connectivity index (χ1v) is 9.54. The molecule has 1 saturated heterocycles. The molecule has 29 heavy (non-hydrogen) atoms. The van der Waals surface area contributed by atoms with Gasteiger partial charge in [-0.3, -0.25) is 9.69 Å². The van der Waals surface area contributed by atoms with Crippen molar-refractivity contribution in [3.63, 3.8) is 0 Å². The van der Waals surface area contributed by atoms with Crippen molar-refractivity contribution in [2.45, 2.75) is 6.54 Å². The summed E-state index contributed by atoms with van der Waals surface area (Å²) in [5.74, 6) is 0.0562. The molecule has 0 atom stereocenters. The minimum absolute atomic E-state index is 0.0562. The van der Waals surface area contributed by atoms with Gasteiger partial charge in [0.2, 0.25) is 0 Å². The lowest BCUT2D eigenvalue weighted by Gasteiger charge is -2.34. The minimum Gasteiger partial charge on any atom is -0.336 e. The van der Waals surface area contributed by atoms with Crippen molar-refractivity contribution in [2.24, 2.45) is 0 Å². The van der Waals surface area contributed by atoms with E-state index >= 15 is 0 Å². The quantitative estimate of drug-likeness (QED) is 0.523. The predicted octanol–water partition coefficient (Wildman–Crippen LogP) is 1.27. The molecule has 3 aromatic heterocycles. The van der Waals surface area contributed by atoms with Gasteiger partial charge in [0.1, 0.15) is 12.0 Å². The van der Waals surface area contributed by atoms with E-state index in [4.69, 9.17) is 0 Å². The zero-order chi connectivity index (χ0) is 19.6. The molecule has 1 aliphatic rings. The average molecular weight is 388 g/mol. The molecule has 0 bridgehead atoms. The number of benzene rings is 1. The van der Waals surface area contributed by atoms with Crippen LogP contribution in [-0.4, -0.2) is 71.5 Å². The molecule has 0 radical (unpaired) electrons. The van der Waals surface area contributed by atoms with Gasteiger partial charge >= 0.3 is 0 Å². The van der Waals surface area contributed by atoms with Crippen LogP contribution in [0.5, 0.6) is 0 Å². The first-order valence-electron chi connectivity index (χ1n) is 9.54. The fourth-order valence-electron chi connectivity index (χ4n) is 3.62. The maximum atomic E-state index is 12.8. The van der Waals surface area contributed by atoms with Crippen molar-refractivity contribution in [1.82, 2.24) is 39.4 Å². The van der Waals surface area contributed by atoms with Crippen LogP contribution in [0.25, 0.3) is 11.3 Å². The molecule has 5 rings (SSSR count). The molecule has 1 amide bonds. The molecular weight excluding hydrogens is 368 g/mol. The number of piperazine rings is 1. The molecular formula is C20H20N8O. The Hall–Kier alpha value is -3.59. The number of aromatic nitrogens is 6. The highest BCUT2D eigenvalue weighted by atomic mass is 16.2. The van der Waals surface area contributed by atoms with Crippen LogP contribution in [0.2, 0.25) is 0 Å². The molecule has 4 heterocycles. The molecule has 0 aliphatic carbocycles. The number of nitrogens with zero attached hydrogens (tertiary/aromatic N) is 8. The summed E-state index contributed by atoms with van der Waals surface area (Å²) >= 11 is 0. The van der Waals surface area contributed by atoms with Gasteiger partial charge in [0.05, 0.1) is 11.4 Å². The van der Waals surface area contributed by atoms with Crippen LogP contribution in [0.4, 0.5) is 0 Å². The van der Waals surface area contributed by atoms with Gasteiger partial charge < -0.3 is 9.30 Å². The average Bonchev–Trinajstić information content (AvgIpc) is 3.43. The zero-order valence-corrected chi connectivity index (χ0v) is 15.8. The first kappa shape index (κ1) is 17.5. The number of carbonyl (C=O) groups is 1. The van der Waals surface area contributed by atoms with E-state index in [1.165, 1.54) is 6.33 Å². The van der Waals surface area contributed by atoms with Crippen LogP contribution in [-0.2, 0) is 6.54 Å². The lowest BCUT2D eigenvalue weighted by molar-refractivity contribution is 0.0627. The van der Waals surface area contributed by atoms with E-state index in [1.54, 1.807) is 4.68 Å². The van der Waals surface area contributed by atoms with E-state index in [0.717, 1.165) is 36.7 Å². The molecule has 1 aromatic carbocycles. The molecule has 0 spiro atoms. The Morgan fingerprint density at radius 2 is 1.83 bits per heavy atom. The summed E-state index contributed by atoms with van der Waals surface area (Å²) in [7, 11) is 0. The van der Waals surface area contributed by atoms with E-state index in [2.05, 4.69) is 31.6 Å². The van der Waals surface area contributed by atoms with Crippen LogP contribution >= 0.6 is 0 Å². The molecule has 0 saturated carbocycles. The number of imidazole rings is 1. The summed E-state index contributed by atoms with van der Waals surface area (Å²) in [6, 6.07) is 13.3. The highest BCUT2D eigenvalue weighted by Crippen LogP contribution is 2.14. The Morgan fingerprint density at radius 1 is 1.00 bits per heavy atom. The summed E-state index contributed by atoms with van der Waals surface area (Å²) in [6.07, 6.45) is 5.60. The van der Waals surface area contributed by atoms with Gasteiger partial charge in [0, 0.05) is 50.7 Å². The molecule has 1 aliphatic heterocycles. The van der Waals surface area contributed by atoms with Gasteiger partial charge in [-0.25, -0.2) is 9.67 Å². The predicted molar refractivity (Wildman–Crippen MR) is 106 cm³/mol. The summed E-state index contributed by atoms with van der Waals surface area (Å²) in [6.45, 7) is 3.89. The summed E-state index contributed by atoms with van der Waals surface area (Å²) in [5.41, 5.74) is 3.51. The van der Waals surface area contributed by atoms with Crippen LogP contribution in [0, 0.1) is 0 Å². The number of carbonyl (C=O) groups excluding carboxylic acids is 1. The Balaban J connectivity index is 1.19. The molecule has 9 heteroatoms. The number of hydrogen-bond donors (Lipinski definition) is 0. The first-order chi connectivity index (χ1) is 14.3. The van der Waals surface area contributed by atoms with Gasteiger partial charge in [-0.05, 0) is 46.8 Å². The smallest absolute Gasteiger partial charge is 0.253 e. The van der Waals surface area contributed by atoms with Crippen LogP contribution in [0.3, 0.4) is 0 Å². The van der Waals surface area contributed by atoms with Crippen molar-refractivity contribution in [3.05, 3.63) is 72.4 Å². The summed E-state index contributed by atoms with van der Waals surface area (Å²) < 4.78 is 3.60. The van der Waals surface area contributed by atoms with Gasteiger partial charge in [0.15, 0.2) is 0 Å². The van der Waals surface area contributed by atoms with E-state index in [-0.39, 0.29) is 5.91 Å². The van der Waals surface area contributed by atoms with Gasteiger partial charge in [-0.15, -0.1) is 5.10 Å². The highest BCUT2D eigenvalue weighted by molar-refractivity contribution is 5.94. The highest BCUT2D eigenvalue weighted by Gasteiger charge is 2.22. The van der Waals surface area contributed by atoms with Gasteiger partial charge in [-0.2, -0.15) is 0 Å². The van der Waals surface area contributed by atoms with E-state index in [9.17, 15) is 4.79 Å². The molecule has 146 valence electrons. The number of pyridine rings is 1. The maximum absolute atomic E-state index is 12.8. The van der Waals surface area contributed by atoms with Crippen molar-refractivity contribution in [1.29, 1.82) is 0 Å². The summed E-state index contributed by atoms with van der Waals surface area (Å²) in [5, 5.41) is 11.1. The van der Waals surface area contributed by atoms with Crippen molar-refractivity contribution in [3.8, 4) is 5.69 Å². The zero-order valence-electron chi connectivity index (χ0n) is 15.8. The van der Waals surface area contributed by atoms with Gasteiger partial charge in [-0.1, -0.05) is 6.07 Å². The largest absolute Gasteiger partial charge is 0.336 e. The number of amides is 1. The second-order valence-electron chi connectivity index (χ2n) is 7.07. The SMILES string of the molecule is O=C(c1ccc(-n2cnnn2)cc1)N1CCN(Cc2cn3ccccc3n2)CC1. The maximum Gasteiger partial charge on any atom is 0.253 e. The minimum atomic E-state index is 0.0562. The number of rotatable bonds is 4. The monoisotopic (exact) mass is 388 g/mol. The number of tetrazole rings is 1. The lowest BCUT2D eigenvalue weighted by atomic mass is 10.1. The standard InChI is InChI=1S/C20H20N8O/c29-20(16-4-6-18(7-5-16)28-15-21-23-24-28)26-11-9-25(10-12-26)13-17-14-27-8-2-1-3-19(27)22-17/h1-8,14-15H,9-13H2. The molecule has 4 aromatic rings. The third-order valence-corrected chi connectivity index (χ3v) is 5.19. The number of fused-ring (bicyclic) bond motifs is 1. The molecule has 1 fully saturated rings. The van der Waals surface area contributed by atoms with Crippen LogP contribution in [0.1, 0.15) is 16.1 Å². The molecule has 0 N–H and O–H groups in total. The Labute approximate surface area is 167 Å². The van der Waals surface area contributed by atoms with Gasteiger partial charge in [0.25, 0.3) is 5.91 Å². The second kappa shape index (κ2) is 7.44. The Kier molecular flexibility index (Phi) is 4.49. The van der Waals surface area contributed by atoms with Crippen molar-refractivity contribution >= 4 is 11.6 Å². The van der Waals surface area contributed by atoms with E-state index in [0.29, 0.717) is 18.7 Å². The topological polar surface area (TPSA) is 84.5 Å². The van der Waals surface area contributed by atoms with Crippen LogP contribution < -0.4 is 0 Å².